The van der Waals surface area contributed by atoms with Crippen LogP contribution < -0.4 is 5.32 Å². The predicted octanol–water partition coefficient (Wildman–Crippen LogP) is 2.97. The summed E-state index contributed by atoms with van der Waals surface area (Å²) < 4.78 is 0. The van der Waals surface area contributed by atoms with E-state index in [1.165, 1.54) is 0 Å². The Hall–Kier alpha value is -0.530. The van der Waals surface area contributed by atoms with E-state index < -0.39 is 0 Å². The molecule has 2 heteroatoms. The highest BCUT2D eigenvalue weighted by Crippen LogP contribution is 2.44. The van der Waals surface area contributed by atoms with Gasteiger partial charge in [0.05, 0.1) is 0 Å². The van der Waals surface area contributed by atoms with Crippen molar-refractivity contribution in [3.05, 3.63) is 0 Å². The van der Waals surface area contributed by atoms with Crippen LogP contribution in [-0.2, 0) is 4.79 Å². The zero-order valence-corrected chi connectivity index (χ0v) is 10.8. The van der Waals surface area contributed by atoms with Crippen LogP contribution in [-0.4, -0.2) is 11.9 Å². The highest BCUT2D eigenvalue weighted by atomic mass is 16.2. The van der Waals surface area contributed by atoms with Gasteiger partial charge in [-0.15, -0.1) is 0 Å². The number of rotatable bonds is 4. The molecule has 0 aliphatic carbocycles. The maximum absolute atomic E-state index is 11.6. The van der Waals surface area contributed by atoms with Gasteiger partial charge < -0.3 is 5.32 Å². The molecular formula is C13H25NO. The first-order chi connectivity index (χ1) is 6.92. The van der Waals surface area contributed by atoms with Crippen LogP contribution in [0.5, 0.6) is 0 Å². The van der Waals surface area contributed by atoms with E-state index in [0.29, 0.717) is 17.9 Å². The van der Waals surface area contributed by atoms with Gasteiger partial charge in [0, 0.05) is 17.9 Å². The normalized spacial score (nSPS) is 31.4. The number of hydrogen-bond acceptors (Lipinski definition) is 1. The monoisotopic (exact) mass is 211 g/mol. The van der Waals surface area contributed by atoms with Crippen molar-refractivity contribution in [3.8, 4) is 0 Å². The lowest BCUT2D eigenvalue weighted by atomic mass is 9.67. The Morgan fingerprint density at radius 3 is 2.40 bits per heavy atom. The predicted molar refractivity (Wildman–Crippen MR) is 63.6 cm³/mol. The van der Waals surface area contributed by atoms with E-state index >= 15 is 0 Å². The van der Waals surface area contributed by atoms with Gasteiger partial charge in [0.2, 0.25) is 5.91 Å². The van der Waals surface area contributed by atoms with Crippen molar-refractivity contribution in [2.45, 2.75) is 59.9 Å². The topological polar surface area (TPSA) is 29.1 Å². The number of nitrogens with one attached hydrogen (secondary N) is 1. The third-order valence-electron chi connectivity index (χ3n) is 4.03. The van der Waals surface area contributed by atoms with Crippen molar-refractivity contribution in [1.29, 1.82) is 0 Å². The highest BCUT2D eigenvalue weighted by molar-refractivity contribution is 5.80. The van der Waals surface area contributed by atoms with Gasteiger partial charge in [0.25, 0.3) is 0 Å². The van der Waals surface area contributed by atoms with E-state index in [9.17, 15) is 4.79 Å². The van der Waals surface area contributed by atoms with Crippen molar-refractivity contribution in [3.63, 3.8) is 0 Å². The minimum Gasteiger partial charge on any atom is -0.353 e. The van der Waals surface area contributed by atoms with Crippen LogP contribution in [0.4, 0.5) is 0 Å². The molecule has 2 nitrogen and oxygen atoms in total. The minimum atomic E-state index is 0.196. The van der Waals surface area contributed by atoms with Crippen molar-refractivity contribution in [1.82, 2.24) is 5.32 Å². The molecule has 0 aromatic carbocycles. The Bertz CT molecular complexity index is 235. The van der Waals surface area contributed by atoms with Gasteiger partial charge in [-0.2, -0.15) is 0 Å². The summed E-state index contributed by atoms with van der Waals surface area (Å²) in [6, 6.07) is 0.384. The summed E-state index contributed by atoms with van der Waals surface area (Å²) in [7, 11) is 0. The van der Waals surface area contributed by atoms with E-state index in [1.54, 1.807) is 0 Å². The van der Waals surface area contributed by atoms with Crippen LogP contribution >= 0.6 is 0 Å². The molecule has 0 spiro atoms. The zero-order valence-electron chi connectivity index (χ0n) is 10.8. The van der Waals surface area contributed by atoms with E-state index in [1.807, 2.05) is 0 Å². The van der Waals surface area contributed by atoms with Gasteiger partial charge in [0.1, 0.15) is 0 Å². The van der Waals surface area contributed by atoms with Crippen LogP contribution in [0.2, 0.25) is 0 Å². The largest absolute Gasteiger partial charge is 0.353 e. The molecule has 0 bridgehead atoms. The smallest absolute Gasteiger partial charge is 0.220 e. The average Bonchev–Trinajstić information content (AvgIpc) is 2.42. The van der Waals surface area contributed by atoms with Crippen LogP contribution in [0.3, 0.4) is 0 Å². The van der Waals surface area contributed by atoms with Crippen LogP contribution in [0, 0.1) is 17.3 Å². The summed E-state index contributed by atoms with van der Waals surface area (Å²) in [6.45, 7) is 11.2. The molecule has 1 heterocycles. The van der Waals surface area contributed by atoms with Crippen molar-refractivity contribution in [2.75, 3.05) is 0 Å². The molecular weight excluding hydrogens is 186 g/mol. The number of carbonyl (C=O) groups is 1. The molecule has 2 atom stereocenters. The number of amides is 1. The molecule has 1 aliphatic heterocycles. The Balaban J connectivity index is 2.86. The second-order valence-corrected chi connectivity index (χ2v) is 5.67. The van der Waals surface area contributed by atoms with Crippen LogP contribution in [0.1, 0.15) is 53.9 Å². The molecule has 1 amide bonds. The molecule has 0 aromatic rings. The van der Waals surface area contributed by atoms with Gasteiger partial charge in [-0.25, -0.2) is 0 Å². The first kappa shape index (κ1) is 12.5. The summed E-state index contributed by atoms with van der Waals surface area (Å²) in [5, 5.41) is 3.17. The molecule has 15 heavy (non-hydrogen) atoms. The third kappa shape index (κ3) is 2.35. The fourth-order valence-electron chi connectivity index (χ4n) is 2.96. The zero-order chi connectivity index (χ0) is 11.6. The molecule has 1 saturated heterocycles. The second kappa shape index (κ2) is 4.54. The average molecular weight is 211 g/mol. The van der Waals surface area contributed by atoms with E-state index in [0.717, 1.165) is 19.3 Å². The Kier molecular flexibility index (Phi) is 3.80. The Morgan fingerprint density at radius 2 is 2.00 bits per heavy atom. The van der Waals surface area contributed by atoms with Crippen LogP contribution in [0.25, 0.3) is 0 Å². The fourth-order valence-corrected chi connectivity index (χ4v) is 2.96. The van der Waals surface area contributed by atoms with Gasteiger partial charge >= 0.3 is 0 Å². The maximum Gasteiger partial charge on any atom is 0.220 e. The molecule has 1 rings (SSSR count). The highest BCUT2D eigenvalue weighted by Gasteiger charge is 2.47. The molecule has 0 aromatic heterocycles. The summed E-state index contributed by atoms with van der Waals surface area (Å²) in [5.74, 6) is 1.47. The molecule has 1 aliphatic rings. The molecule has 88 valence electrons. The van der Waals surface area contributed by atoms with Gasteiger partial charge in [-0.1, -0.05) is 34.6 Å². The van der Waals surface area contributed by atoms with Crippen LogP contribution in [0.15, 0.2) is 0 Å². The lowest BCUT2D eigenvalue weighted by Crippen LogP contribution is -2.41. The first-order valence-corrected chi connectivity index (χ1v) is 6.21. The minimum absolute atomic E-state index is 0.196. The standard InChI is InChI=1S/C13H25NO/c1-6-13(10(4)5)8-12(15)14-11(13)7-9(2)3/h9-11H,6-8H2,1-5H3,(H,14,15). The molecule has 2 unspecified atom stereocenters. The lowest BCUT2D eigenvalue weighted by molar-refractivity contribution is -0.120. The van der Waals surface area contributed by atoms with Gasteiger partial charge in [0.15, 0.2) is 0 Å². The Labute approximate surface area is 93.8 Å². The number of hydrogen-bond donors (Lipinski definition) is 1. The molecule has 0 radical (unpaired) electrons. The second-order valence-electron chi connectivity index (χ2n) is 5.67. The van der Waals surface area contributed by atoms with E-state index in [-0.39, 0.29) is 11.3 Å². The van der Waals surface area contributed by atoms with Crippen molar-refractivity contribution in [2.24, 2.45) is 17.3 Å². The molecule has 0 saturated carbocycles. The van der Waals surface area contributed by atoms with Gasteiger partial charge in [-0.3, -0.25) is 4.79 Å². The summed E-state index contributed by atoms with van der Waals surface area (Å²) in [6.07, 6.45) is 2.93. The SMILES string of the molecule is CCC1(C(C)C)CC(=O)NC1CC(C)C. The molecule has 1 fully saturated rings. The third-order valence-corrected chi connectivity index (χ3v) is 4.03. The van der Waals surface area contributed by atoms with Crippen molar-refractivity contribution >= 4 is 5.91 Å². The summed E-state index contributed by atoms with van der Waals surface area (Å²) in [5.41, 5.74) is 0.196. The number of carbonyl (C=O) groups excluding carboxylic acids is 1. The Morgan fingerprint density at radius 1 is 1.40 bits per heavy atom. The van der Waals surface area contributed by atoms with Crippen molar-refractivity contribution < 1.29 is 4.79 Å². The van der Waals surface area contributed by atoms with E-state index in [2.05, 4.69) is 39.9 Å². The lowest BCUT2D eigenvalue weighted by Gasteiger charge is -2.38. The summed E-state index contributed by atoms with van der Waals surface area (Å²) in [4.78, 5) is 11.6. The summed E-state index contributed by atoms with van der Waals surface area (Å²) >= 11 is 0. The quantitative estimate of drug-likeness (QED) is 0.761. The fraction of sp³-hybridized carbons (Fsp3) is 0.923. The first-order valence-electron chi connectivity index (χ1n) is 6.21. The maximum atomic E-state index is 11.6. The van der Waals surface area contributed by atoms with Gasteiger partial charge in [-0.05, 0) is 24.7 Å². The molecule has 1 N–H and O–H groups in total. The van der Waals surface area contributed by atoms with E-state index in [4.69, 9.17) is 0 Å².